The summed E-state index contributed by atoms with van der Waals surface area (Å²) in [7, 11) is 0. The molecule has 0 unspecified atom stereocenters. The van der Waals surface area contributed by atoms with E-state index in [0.717, 1.165) is 6.42 Å². The third kappa shape index (κ3) is 2.63. The van der Waals surface area contributed by atoms with Crippen LogP contribution in [0.25, 0.3) is 0 Å². The zero-order valence-corrected chi connectivity index (χ0v) is 11.9. The number of hydrogen-bond donors (Lipinski definition) is 1. The predicted octanol–water partition coefficient (Wildman–Crippen LogP) is 1.47. The summed E-state index contributed by atoms with van der Waals surface area (Å²) >= 11 is 5.69. The molecular formula is C14H16ClN3O2. The number of carbonyl (C=O) groups is 2. The molecule has 20 heavy (non-hydrogen) atoms. The van der Waals surface area contributed by atoms with Gasteiger partial charge in [0.2, 0.25) is 5.91 Å². The second-order valence-corrected chi connectivity index (χ2v) is 5.96. The minimum atomic E-state index is -0.210. The van der Waals surface area contributed by atoms with Crippen molar-refractivity contribution in [2.45, 2.75) is 31.8 Å². The van der Waals surface area contributed by atoms with Crippen LogP contribution >= 0.6 is 11.6 Å². The normalized spacial score (nSPS) is 28.6. The zero-order valence-electron chi connectivity index (χ0n) is 11.2. The molecule has 1 saturated carbocycles. The van der Waals surface area contributed by atoms with Crippen molar-refractivity contribution in [3.63, 3.8) is 0 Å². The molecule has 1 aliphatic heterocycles. The maximum Gasteiger partial charge on any atom is 0.253 e. The van der Waals surface area contributed by atoms with E-state index >= 15 is 0 Å². The number of hydrogen-bond acceptors (Lipinski definition) is 3. The molecule has 1 aromatic rings. The average Bonchev–Trinajstić information content (AvgIpc) is 3.01. The van der Waals surface area contributed by atoms with Crippen molar-refractivity contribution in [1.82, 2.24) is 15.2 Å². The minimum Gasteiger partial charge on any atom is -0.347 e. The van der Waals surface area contributed by atoms with Crippen molar-refractivity contribution >= 4 is 23.4 Å². The van der Waals surface area contributed by atoms with Gasteiger partial charge in [-0.1, -0.05) is 18.5 Å². The van der Waals surface area contributed by atoms with Crippen LogP contribution in [0.1, 0.15) is 30.1 Å². The molecule has 5 nitrogen and oxygen atoms in total. The highest BCUT2D eigenvalue weighted by Crippen LogP contribution is 2.37. The molecule has 1 N–H and O–H groups in total. The standard InChI is InChI=1S/C14H16ClN3O2/c1-8-4-11(8)18-7-10(5-13(18)19)17-14(20)9-2-3-12(15)16-6-9/h2-3,6,8,10-11H,4-5,7H2,1H3,(H,17,20)/t8-,10-,11+/m1/s1. The van der Waals surface area contributed by atoms with Gasteiger partial charge >= 0.3 is 0 Å². The molecule has 0 radical (unpaired) electrons. The van der Waals surface area contributed by atoms with Gasteiger partial charge in [0.05, 0.1) is 11.6 Å². The summed E-state index contributed by atoms with van der Waals surface area (Å²) in [5.74, 6) is 0.519. The van der Waals surface area contributed by atoms with Crippen molar-refractivity contribution in [2.24, 2.45) is 5.92 Å². The second-order valence-electron chi connectivity index (χ2n) is 5.57. The summed E-state index contributed by atoms with van der Waals surface area (Å²) in [5, 5.41) is 3.24. The Balaban J connectivity index is 1.60. The van der Waals surface area contributed by atoms with Crippen LogP contribution in [0.2, 0.25) is 5.15 Å². The van der Waals surface area contributed by atoms with Gasteiger partial charge in [-0.25, -0.2) is 4.98 Å². The lowest BCUT2D eigenvalue weighted by molar-refractivity contribution is -0.128. The first-order valence-corrected chi connectivity index (χ1v) is 7.14. The highest BCUT2D eigenvalue weighted by molar-refractivity contribution is 6.29. The summed E-state index contributed by atoms with van der Waals surface area (Å²) in [4.78, 5) is 29.7. The molecule has 1 aliphatic carbocycles. The van der Waals surface area contributed by atoms with Crippen LogP contribution in [0.4, 0.5) is 0 Å². The Labute approximate surface area is 122 Å². The first kappa shape index (κ1) is 13.4. The molecule has 3 rings (SSSR count). The molecule has 0 bridgehead atoms. The lowest BCUT2D eigenvalue weighted by Gasteiger charge is -2.16. The quantitative estimate of drug-likeness (QED) is 0.859. The van der Waals surface area contributed by atoms with E-state index < -0.39 is 0 Å². The fourth-order valence-corrected chi connectivity index (χ4v) is 2.78. The van der Waals surface area contributed by atoms with Gasteiger partial charge in [0, 0.05) is 25.2 Å². The molecule has 0 spiro atoms. The van der Waals surface area contributed by atoms with Crippen LogP contribution in [0.5, 0.6) is 0 Å². The lowest BCUT2D eigenvalue weighted by atomic mass is 10.2. The van der Waals surface area contributed by atoms with Gasteiger partial charge in [-0.15, -0.1) is 0 Å². The second kappa shape index (κ2) is 5.05. The number of aromatic nitrogens is 1. The number of carbonyl (C=O) groups excluding carboxylic acids is 2. The van der Waals surface area contributed by atoms with Gasteiger partial charge in [-0.05, 0) is 24.5 Å². The van der Waals surface area contributed by atoms with E-state index in [2.05, 4.69) is 17.2 Å². The molecule has 2 aliphatic rings. The molecular weight excluding hydrogens is 278 g/mol. The topological polar surface area (TPSA) is 62.3 Å². The van der Waals surface area contributed by atoms with Gasteiger partial charge in [-0.2, -0.15) is 0 Å². The molecule has 2 heterocycles. The van der Waals surface area contributed by atoms with Crippen LogP contribution in [-0.4, -0.2) is 40.3 Å². The van der Waals surface area contributed by atoms with Crippen molar-refractivity contribution in [2.75, 3.05) is 6.54 Å². The van der Waals surface area contributed by atoms with Crippen molar-refractivity contribution in [1.29, 1.82) is 0 Å². The smallest absolute Gasteiger partial charge is 0.253 e. The van der Waals surface area contributed by atoms with Gasteiger partial charge in [0.15, 0.2) is 0 Å². The fraction of sp³-hybridized carbons (Fsp3) is 0.500. The van der Waals surface area contributed by atoms with E-state index in [1.807, 2.05) is 4.90 Å². The third-order valence-corrected chi connectivity index (χ3v) is 4.17. The van der Waals surface area contributed by atoms with E-state index in [-0.39, 0.29) is 17.9 Å². The Morgan fingerprint density at radius 1 is 1.50 bits per heavy atom. The van der Waals surface area contributed by atoms with E-state index in [1.54, 1.807) is 12.1 Å². The Morgan fingerprint density at radius 3 is 2.85 bits per heavy atom. The van der Waals surface area contributed by atoms with Crippen LogP contribution in [0, 0.1) is 5.92 Å². The molecule has 2 amide bonds. The number of nitrogens with zero attached hydrogens (tertiary/aromatic N) is 2. The number of nitrogens with one attached hydrogen (secondary N) is 1. The summed E-state index contributed by atoms with van der Waals surface area (Å²) < 4.78 is 0. The SMILES string of the molecule is C[C@@H]1C[C@@H]1N1C[C@H](NC(=O)c2ccc(Cl)nc2)CC1=O. The zero-order chi connectivity index (χ0) is 14.3. The van der Waals surface area contributed by atoms with Crippen molar-refractivity contribution in [3.8, 4) is 0 Å². The Hall–Kier alpha value is -1.62. The summed E-state index contributed by atoms with van der Waals surface area (Å²) in [6, 6.07) is 3.47. The van der Waals surface area contributed by atoms with Gasteiger partial charge in [0.1, 0.15) is 5.15 Å². The van der Waals surface area contributed by atoms with E-state index in [4.69, 9.17) is 11.6 Å². The van der Waals surface area contributed by atoms with Gasteiger partial charge in [0.25, 0.3) is 5.91 Å². The van der Waals surface area contributed by atoms with Crippen LogP contribution < -0.4 is 5.32 Å². The lowest BCUT2D eigenvalue weighted by Crippen LogP contribution is -2.37. The highest BCUT2D eigenvalue weighted by Gasteiger charge is 2.44. The maximum atomic E-state index is 12.1. The van der Waals surface area contributed by atoms with Crippen LogP contribution in [-0.2, 0) is 4.79 Å². The molecule has 0 aromatic carbocycles. The number of pyridine rings is 1. The molecule has 1 saturated heterocycles. The minimum absolute atomic E-state index is 0.113. The molecule has 6 heteroatoms. The van der Waals surface area contributed by atoms with Crippen molar-refractivity contribution in [3.05, 3.63) is 29.0 Å². The van der Waals surface area contributed by atoms with Gasteiger partial charge in [-0.3, -0.25) is 9.59 Å². The van der Waals surface area contributed by atoms with E-state index in [0.29, 0.717) is 35.6 Å². The van der Waals surface area contributed by atoms with E-state index in [9.17, 15) is 9.59 Å². The third-order valence-electron chi connectivity index (χ3n) is 3.95. The molecule has 2 fully saturated rings. The Morgan fingerprint density at radius 2 is 2.25 bits per heavy atom. The highest BCUT2D eigenvalue weighted by atomic mass is 35.5. The van der Waals surface area contributed by atoms with Crippen LogP contribution in [0.3, 0.4) is 0 Å². The average molecular weight is 294 g/mol. The first-order chi connectivity index (χ1) is 9.54. The largest absolute Gasteiger partial charge is 0.347 e. The molecule has 3 atom stereocenters. The maximum absolute atomic E-state index is 12.1. The number of likely N-dealkylation sites (tertiary alicyclic amines) is 1. The van der Waals surface area contributed by atoms with E-state index in [1.165, 1.54) is 6.20 Å². The Kier molecular flexibility index (Phi) is 3.38. The predicted molar refractivity (Wildman–Crippen MR) is 74.4 cm³/mol. The van der Waals surface area contributed by atoms with Crippen LogP contribution in [0.15, 0.2) is 18.3 Å². The first-order valence-electron chi connectivity index (χ1n) is 6.76. The monoisotopic (exact) mass is 293 g/mol. The summed E-state index contributed by atoms with van der Waals surface area (Å²) in [6.45, 7) is 2.75. The molecule has 106 valence electrons. The van der Waals surface area contributed by atoms with Gasteiger partial charge < -0.3 is 10.2 Å². The number of rotatable bonds is 3. The summed E-state index contributed by atoms with van der Waals surface area (Å²) in [5.41, 5.74) is 0.458. The Bertz CT molecular complexity index is 546. The molecule has 1 aromatic heterocycles. The number of halogens is 1. The fourth-order valence-electron chi connectivity index (χ4n) is 2.66. The summed E-state index contributed by atoms with van der Waals surface area (Å²) in [6.07, 6.45) is 2.90. The van der Waals surface area contributed by atoms with Crippen molar-refractivity contribution < 1.29 is 9.59 Å². The number of amides is 2.